The number of unbranched alkanes of at least 4 members (excludes halogenated alkanes) is 3. The summed E-state index contributed by atoms with van der Waals surface area (Å²) in [5, 5.41) is 0. The van der Waals surface area contributed by atoms with Gasteiger partial charge in [0, 0.05) is 12.1 Å². The number of hydrogen-bond acceptors (Lipinski definition) is 5. The Hall–Kier alpha value is -2.08. The zero-order valence-electron chi connectivity index (χ0n) is 16.8. The lowest BCUT2D eigenvalue weighted by Gasteiger charge is -2.29. The highest BCUT2D eigenvalue weighted by atomic mass is 16.6. The molecule has 0 radical (unpaired) electrons. The first-order chi connectivity index (χ1) is 12.8. The number of fused-ring (bicyclic) bond motifs is 1. The third kappa shape index (κ3) is 6.86. The molecule has 0 saturated heterocycles. The average Bonchev–Trinajstić information content (AvgIpc) is 2.59. The van der Waals surface area contributed by atoms with Crippen molar-refractivity contribution in [3.8, 4) is 5.75 Å². The van der Waals surface area contributed by atoms with Gasteiger partial charge in [-0.25, -0.2) is 0 Å². The molecule has 6 nitrogen and oxygen atoms in total. The van der Waals surface area contributed by atoms with Crippen LogP contribution in [0.2, 0.25) is 0 Å². The molecule has 1 amide bonds. The van der Waals surface area contributed by atoms with Crippen LogP contribution in [0.15, 0.2) is 18.2 Å². The fourth-order valence-electron chi connectivity index (χ4n) is 3.07. The molecule has 1 aliphatic rings. The quantitative estimate of drug-likeness (QED) is 0.529. The van der Waals surface area contributed by atoms with Gasteiger partial charge in [-0.1, -0.05) is 12.8 Å². The number of nitrogens with zero attached hydrogens (tertiary/aromatic N) is 1. The standard InChI is InChI=1S/C21H32N2O4/c1-21(2,3)27-19(24)15-23-12-10-16-14-17(8-9-18(16)20(23)25)26-13-7-5-4-6-11-22/h8-9,14H,4-7,10-13,15,22H2,1-3H3. The van der Waals surface area contributed by atoms with Gasteiger partial charge in [0.2, 0.25) is 0 Å². The minimum Gasteiger partial charge on any atom is -0.494 e. The first-order valence-electron chi connectivity index (χ1n) is 9.77. The van der Waals surface area contributed by atoms with E-state index in [1.54, 1.807) is 11.0 Å². The Morgan fingerprint density at radius 1 is 1.19 bits per heavy atom. The second kappa shape index (κ2) is 9.74. The number of nitrogens with two attached hydrogens (primary N) is 1. The molecule has 2 N–H and O–H groups in total. The molecule has 1 aliphatic heterocycles. The Bertz CT molecular complexity index is 652. The zero-order chi connectivity index (χ0) is 19.9. The molecule has 0 unspecified atom stereocenters. The lowest BCUT2D eigenvalue weighted by molar-refractivity contribution is -0.155. The van der Waals surface area contributed by atoms with Gasteiger partial charge in [-0.05, 0) is 70.3 Å². The van der Waals surface area contributed by atoms with Gasteiger partial charge in [0.05, 0.1) is 6.61 Å². The van der Waals surface area contributed by atoms with Crippen LogP contribution >= 0.6 is 0 Å². The molecule has 0 saturated carbocycles. The lowest BCUT2D eigenvalue weighted by atomic mass is 9.98. The van der Waals surface area contributed by atoms with E-state index in [0.717, 1.165) is 43.5 Å². The molecule has 0 aliphatic carbocycles. The number of rotatable bonds is 9. The van der Waals surface area contributed by atoms with Crippen LogP contribution in [-0.2, 0) is 16.0 Å². The summed E-state index contributed by atoms with van der Waals surface area (Å²) in [5.41, 5.74) is 6.55. The summed E-state index contributed by atoms with van der Waals surface area (Å²) in [6, 6.07) is 5.56. The maximum Gasteiger partial charge on any atom is 0.326 e. The van der Waals surface area contributed by atoms with Gasteiger partial charge in [0.25, 0.3) is 5.91 Å². The van der Waals surface area contributed by atoms with Crippen molar-refractivity contribution in [2.75, 3.05) is 26.2 Å². The van der Waals surface area contributed by atoms with E-state index in [9.17, 15) is 9.59 Å². The summed E-state index contributed by atoms with van der Waals surface area (Å²) in [7, 11) is 0. The first kappa shape index (κ1) is 21.2. The van der Waals surface area contributed by atoms with Crippen molar-refractivity contribution < 1.29 is 19.1 Å². The van der Waals surface area contributed by atoms with Crippen molar-refractivity contribution in [3.63, 3.8) is 0 Å². The summed E-state index contributed by atoms with van der Waals surface area (Å²) in [6.07, 6.45) is 5.00. The molecular weight excluding hydrogens is 344 g/mol. The van der Waals surface area contributed by atoms with E-state index in [1.807, 2.05) is 32.9 Å². The number of carbonyl (C=O) groups is 2. The van der Waals surface area contributed by atoms with Crippen molar-refractivity contribution in [3.05, 3.63) is 29.3 Å². The summed E-state index contributed by atoms with van der Waals surface area (Å²) in [5.74, 6) is 0.283. The number of hydrogen-bond donors (Lipinski definition) is 1. The van der Waals surface area contributed by atoms with Crippen LogP contribution in [0, 0.1) is 0 Å². The van der Waals surface area contributed by atoms with E-state index in [4.69, 9.17) is 15.2 Å². The average molecular weight is 376 g/mol. The highest BCUT2D eigenvalue weighted by molar-refractivity contribution is 5.98. The summed E-state index contributed by atoms with van der Waals surface area (Å²) in [6.45, 7) is 7.35. The molecular formula is C21H32N2O4. The van der Waals surface area contributed by atoms with Crippen molar-refractivity contribution in [2.45, 2.75) is 58.5 Å². The van der Waals surface area contributed by atoms with Gasteiger partial charge in [-0.3, -0.25) is 9.59 Å². The van der Waals surface area contributed by atoms with E-state index >= 15 is 0 Å². The van der Waals surface area contributed by atoms with Crippen molar-refractivity contribution in [2.24, 2.45) is 5.73 Å². The number of esters is 1. The second-order valence-corrected chi connectivity index (χ2v) is 7.93. The van der Waals surface area contributed by atoms with Gasteiger partial charge in [-0.15, -0.1) is 0 Å². The number of ether oxygens (including phenoxy) is 2. The SMILES string of the molecule is CC(C)(C)OC(=O)CN1CCc2cc(OCCCCCCN)ccc2C1=O. The van der Waals surface area contributed by atoms with E-state index < -0.39 is 5.60 Å². The summed E-state index contributed by atoms with van der Waals surface area (Å²) in [4.78, 5) is 26.2. The van der Waals surface area contributed by atoms with Gasteiger partial charge in [0.15, 0.2) is 0 Å². The predicted octanol–water partition coefficient (Wildman–Crippen LogP) is 2.92. The maximum absolute atomic E-state index is 12.7. The highest BCUT2D eigenvalue weighted by Crippen LogP contribution is 2.24. The van der Waals surface area contributed by atoms with Crippen molar-refractivity contribution in [1.29, 1.82) is 0 Å². The summed E-state index contributed by atoms with van der Waals surface area (Å²) >= 11 is 0. The maximum atomic E-state index is 12.7. The lowest BCUT2D eigenvalue weighted by Crippen LogP contribution is -2.42. The van der Waals surface area contributed by atoms with E-state index in [-0.39, 0.29) is 18.4 Å². The topological polar surface area (TPSA) is 81.9 Å². The second-order valence-electron chi connectivity index (χ2n) is 7.93. The van der Waals surface area contributed by atoms with Crippen molar-refractivity contribution in [1.82, 2.24) is 4.90 Å². The molecule has 2 rings (SSSR count). The number of benzene rings is 1. The molecule has 6 heteroatoms. The molecule has 0 bridgehead atoms. The Morgan fingerprint density at radius 3 is 2.63 bits per heavy atom. The fourth-order valence-corrected chi connectivity index (χ4v) is 3.07. The third-order valence-electron chi connectivity index (χ3n) is 4.35. The molecule has 27 heavy (non-hydrogen) atoms. The minimum absolute atomic E-state index is 0.0173. The predicted molar refractivity (Wildman–Crippen MR) is 105 cm³/mol. The number of carbonyl (C=O) groups excluding carboxylic acids is 2. The van der Waals surface area contributed by atoms with Gasteiger partial charge in [0.1, 0.15) is 17.9 Å². The molecule has 1 heterocycles. The minimum atomic E-state index is -0.551. The fraction of sp³-hybridized carbons (Fsp3) is 0.619. The van der Waals surface area contributed by atoms with Gasteiger partial charge >= 0.3 is 5.97 Å². The Balaban J connectivity index is 1.88. The number of amides is 1. The molecule has 0 spiro atoms. The monoisotopic (exact) mass is 376 g/mol. The van der Waals surface area contributed by atoms with E-state index in [1.165, 1.54) is 0 Å². The smallest absolute Gasteiger partial charge is 0.326 e. The van der Waals surface area contributed by atoms with Gasteiger partial charge < -0.3 is 20.1 Å². The van der Waals surface area contributed by atoms with Crippen LogP contribution in [0.25, 0.3) is 0 Å². The van der Waals surface area contributed by atoms with Crippen LogP contribution in [0.4, 0.5) is 0 Å². The molecule has 0 aromatic heterocycles. The van der Waals surface area contributed by atoms with Crippen LogP contribution < -0.4 is 10.5 Å². The molecule has 150 valence electrons. The van der Waals surface area contributed by atoms with Crippen LogP contribution in [0.5, 0.6) is 5.75 Å². The van der Waals surface area contributed by atoms with Crippen molar-refractivity contribution >= 4 is 11.9 Å². The largest absolute Gasteiger partial charge is 0.494 e. The Kier molecular flexibility index (Phi) is 7.66. The van der Waals surface area contributed by atoms with E-state index in [0.29, 0.717) is 25.1 Å². The van der Waals surface area contributed by atoms with Crippen LogP contribution in [-0.4, -0.2) is 48.6 Å². The summed E-state index contributed by atoms with van der Waals surface area (Å²) < 4.78 is 11.1. The first-order valence-corrected chi connectivity index (χ1v) is 9.77. The Labute approximate surface area is 162 Å². The molecule has 1 aromatic carbocycles. The molecule has 1 aromatic rings. The third-order valence-corrected chi connectivity index (χ3v) is 4.35. The van der Waals surface area contributed by atoms with E-state index in [2.05, 4.69) is 0 Å². The van der Waals surface area contributed by atoms with Gasteiger partial charge in [-0.2, -0.15) is 0 Å². The molecule has 0 atom stereocenters. The highest BCUT2D eigenvalue weighted by Gasteiger charge is 2.28. The normalized spacial score (nSPS) is 14.1. The zero-order valence-corrected chi connectivity index (χ0v) is 16.8. The molecule has 0 fully saturated rings. The van der Waals surface area contributed by atoms with Crippen LogP contribution in [0.3, 0.4) is 0 Å². The van der Waals surface area contributed by atoms with Crippen LogP contribution in [0.1, 0.15) is 62.4 Å². The Morgan fingerprint density at radius 2 is 1.93 bits per heavy atom.